The van der Waals surface area contributed by atoms with Crippen molar-refractivity contribution in [1.29, 1.82) is 0 Å². The summed E-state index contributed by atoms with van der Waals surface area (Å²) in [5, 5.41) is 3.28. The second-order valence-corrected chi connectivity index (χ2v) is 9.68. The highest BCUT2D eigenvalue weighted by molar-refractivity contribution is 6.35. The number of hydrogen-bond donors (Lipinski definition) is 1. The lowest BCUT2D eigenvalue weighted by atomic mass is 10.2. The molecule has 1 fully saturated rings. The fraction of sp³-hybridized carbons (Fsp3) is 0.296. The number of rotatable bonds is 9. The minimum absolute atomic E-state index is 0.0756. The first-order chi connectivity index (χ1) is 18.3. The van der Waals surface area contributed by atoms with Crippen molar-refractivity contribution < 1.29 is 23.5 Å². The molecule has 2 aromatic carbocycles. The van der Waals surface area contributed by atoms with Crippen LogP contribution in [0.25, 0.3) is 0 Å². The van der Waals surface area contributed by atoms with Gasteiger partial charge >= 0.3 is 0 Å². The van der Waals surface area contributed by atoms with Crippen LogP contribution in [-0.2, 0) is 16.1 Å². The van der Waals surface area contributed by atoms with Gasteiger partial charge in [-0.05, 0) is 36.9 Å². The molecule has 0 spiro atoms. The number of benzene rings is 2. The standard InChI is InChI=1S/C27H27Cl2FN4O4/c1-33-9-11-34(12-10-33)27(36)23(17-37-16-18-5-3-2-4-6-18)32-25(35)21-14-20(30)15-31-26(21)38-24-8-7-19(28)13-22(24)29/h2-8,13-15,23H,9-12,16-17H2,1H3,(H,32,35). The number of piperazine rings is 1. The Morgan fingerprint density at radius 2 is 1.82 bits per heavy atom. The van der Waals surface area contributed by atoms with E-state index in [2.05, 4.69) is 15.2 Å². The first kappa shape index (κ1) is 27.8. The molecule has 1 unspecified atom stereocenters. The van der Waals surface area contributed by atoms with E-state index >= 15 is 0 Å². The van der Waals surface area contributed by atoms with E-state index in [9.17, 15) is 14.0 Å². The van der Waals surface area contributed by atoms with Gasteiger partial charge in [-0.2, -0.15) is 0 Å². The predicted octanol–water partition coefficient (Wildman–Crippen LogP) is 4.41. The Hall–Kier alpha value is -3.24. The highest BCUT2D eigenvalue weighted by atomic mass is 35.5. The smallest absolute Gasteiger partial charge is 0.257 e. The molecule has 1 aromatic heterocycles. The summed E-state index contributed by atoms with van der Waals surface area (Å²) in [6.07, 6.45) is 0.922. The van der Waals surface area contributed by atoms with Gasteiger partial charge < -0.3 is 24.6 Å². The molecule has 0 aliphatic carbocycles. The summed E-state index contributed by atoms with van der Waals surface area (Å²) < 4.78 is 25.7. The van der Waals surface area contributed by atoms with Crippen LogP contribution in [0.2, 0.25) is 10.0 Å². The minimum Gasteiger partial charge on any atom is -0.437 e. The van der Waals surface area contributed by atoms with Crippen molar-refractivity contribution in [2.24, 2.45) is 0 Å². The van der Waals surface area contributed by atoms with Gasteiger partial charge in [0.15, 0.2) is 0 Å². The molecule has 4 rings (SSSR count). The van der Waals surface area contributed by atoms with Crippen LogP contribution in [0.3, 0.4) is 0 Å². The zero-order chi connectivity index (χ0) is 27.1. The number of ether oxygens (including phenoxy) is 2. The number of likely N-dealkylation sites (N-methyl/N-ethyl adjacent to an activating group) is 1. The Kier molecular flexibility index (Phi) is 9.52. The van der Waals surface area contributed by atoms with E-state index in [0.717, 1.165) is 17.8 Å². The van der Waals surface area contributed by atoms with Gasteiger partial charge in [0.1, 0.15) is 23.2 Å². The van der Waals surface area contributed by atoms with E-state index < -0.39 is 17.8 Å². The molecule has 1 atom stereocenters. The highest BCUT2D eigenvalue weighted by Gasteiger charge is 2.30. The van der Waals surface area contributed by atoms with Gasteiger partial charge in [0.25, 0.3) is 5.91 Å². The Morgan fingerprint density at radius 1 is 1.08 bits per heavy atom. The van der Waals surface area contributed by atoms with Gasteiger partial charge in [-0.3, -0.25) is 9.59 Å². The average molecular weight is 561 g/mol. The third-order valence-corrected chi connectivity index (χ3v) is 6.51. The molecule has 0 radical (unpaired) electrons. The molecule has 0 saturated carbocycles. The second-order valence-electron chi connectivity index (χ2n) is 8.84. The number of amides is 2. The van der Waals surface area contributed by atoms with Crippen LogP contribution < -0.4 is 10.1 Å². The summed E-state index contributed by atoms with van der Waals surface area (Å²) in [4.78, 5) is 34.5. The SMILES string of the molecule is CN1CCN(C(=O)C(COCc2ccccc2)NC(=O)c2cc(F)cnc2Oc2ccc(Cl)cc2Cl)CC1. The summed E-state index contributed by atoms with van der Waals surface area (Å²) >= 11 is 12.1. The van der Waals surface area contributed by atoms with Gasteiger partial charge in [-0.1, -0.05) is 53.5 Å². The lowest BCUT2D eigenvalue weighted by Crippen LogP contribution is -2.55. The fourth-order valence-corrected chi connectivity index (χ4v) is 4.31. The minimum atomic E-state index is -1.01. The van der Waals surface area contributed by atoms with Gasteiger partial charge in [0.05, 0.1) is 24.4 Å². The maximum absolute atomic E-state index is 14.1. The van der Waals surface area contributed by atoms with Gasteiger partial charge in [0.2, 0.25) is 11.8 Å². The summed E-state index contributed by atoms with van der Waals surface area (Å²) in [5.74, 6) is -1.77. The molecular formula is C27H27Cl2FN4O4. The monoisotopic (exact) mass is 560 g/mol. The Balaban J connectivity index is 1.53. The lowest BCUT2D eigenvalue weighted by Gasteiger charge is -2.34. The van der Waals surface area contributed by atoms with E-state index in [1.807, 2.05) is 37.4 Å². The third-order valence-electron chi connectivity index (χ3n) is 5.98. The van der Waals surface area contributed by atoms with Crippen molar-refractivity contribution in [3.05, 3.63) is 87.8 Å². The van der Waals surface area contributed by atoms with Gasteiger partial charge in [-0.15, -0.1) is 0 Å². The van der Waals surface area contributed by atoms with E-state index in [0.29, 0.717) is 31.2 Å². The van der Waals surface area contributed by atoms with Gasteiger partial charge in [-0.25, -0.2) is 9.37 Å². The Bertz CT molecular complexity index is 1270. The topological polar surface area (TPSA) is 84.0 Å². The van der Waals surface area contributed by atoms with Crippen LogP contribution in [0.1, 0.15) is 15.9 Å². The maximum atomic E-state index is 14.1. The zero-order valence-corrected chi connectivity index (χ0v) is 22.2. The van der Waals surface area contributed by atoms with Crippen molar-refractivity contribution in [1.82, 2.24) is 20.1 Å². The number of carbonyl (C=O) groups is 2. The molecule has 2 heterocycles. The van der Waals surface area contributed by atoms with Crippen molar-refractivity contribution in [2.45, 2.75) is 12.6 Å². The predicted molar refractivity (Wildman–Crippen MR) is 142 cm³/mol. The molecular weight excluding hydrogens is 534 g/mol. The van der Waals surface area contributed by atoms with E-state index in [1.165, 1.54) is 12.1 Å². The molecule has 1 saturated heterocycles. The molecule has 1 aliphatic rings. The molecule has 11 heteroatoms. The van der Waals surface area contributed by atoms with Crippen LogP contribution in [0.5, 0.6) is 11.6 Å². The van der Waals surface area contributed by atoms with Crippen molar-refractivity contribution in [3.63, 3.8) is 0 Å². The molecule has 8 nitrogen and oxygen atoms in total. The first-order valence-electron chi connectivity index (χ1n) is 12.0. The molecule has 3 aromatic rings. The number of hydrogen-bond acceptors (Lipinski definition) is 6. The van der Waals surface area contributed by atoms with Crippen molar-refractivity contribution in [3.8, 4) is 11.6 Å². The Labute approximate surface area is 230 Å². The number of nitrogens with one attached hydrogen (secondary N) is 1. The molecule has 0 bridgehead atoms. The molecule has 1 aliphatic heterocycles. The van der Waals surface area contributed by atoms with Crippen LogP contribution >= 0.6 is 23.2 Å². The molecule has 1 N–H and O–H groups in total. The van der Waals surface area contributed by atoms with Crippen molar-refractivity contribution >= 4 is 35.0 Å². The number of aromatic nitrogens is 1. The summed E-state index contributed by atoms with van der Waals surface area (Å²) in [5.41, 5.74) is 0.727. The summed E-state index contributed by atoms with van der Waals surface area (Å²) in [7, 11) is 1.98. The second kappa shape index (κ2) is 13.0. The maximum Gasteiger partial charge on any atom is 0.257 e. The van der Waals surface area contributed by atoms with Gasteiger partial charge in [0, 0.05) is 31.2 Å². The van der Waals surface area contributed by atoms with E-state index in [-0.39, 0.29) is 41.3 Å². The van der Waals surface area contributed by atoms with E-state index in [1.54, 1.807) is 11.0 Å². The number of halogens is 3. The normalized spacial score (nSPS) is 14.7. The van der Waals surface area contributed by atoms with Crippen LogP contribution in [-0.4, -0.2) is 72.5 Å². The van der Waals surface area contributed by atoms with Crippen LogP contribution in [0.4, 0.5) is 4.39 Å². The zero-order valence-electron chi connectivity index (χ0n) is 20.7. The molecule has 200 valence electrons. The largest absolute Gasteiger partial charge is 0.437 e. The third kappa shape index (κ3) is 7.41. The summed E-state index contributed by atoms with van der Waals surface area (Å²) in [6, 6.07) is 14.0. The average Bonchev–Trinajstić information content (AvgIpc) is 2.91. The number of pyridine rings is 1. The lowest BCUT2D eigenvalue weighted by molar-refractivity contribution is -0.136. The molecule has 38 heavy (non-hydrogen) atoms. The summed E-state index contributed by atoms with van der Waals surface area (Å²) in [6.45, 7) is 2.65. The van der Waals surface area contributed by atoms with Crippen LogP contribution in [0, 0.1) is 5.82 Å². The number of nitrogens with zero attached hydrogens (tertiary/aromatic N) is 3. The quantitative estimate of drug-likeness (QED) is 0.417. The van der Waals surface area contributed by atoms with Crippen LogP contribution in [0.15, 0.2) is 60.8 Å². The number of carbonyl (C=O) groups excluding carboxylic acids is 2. The Morgan fingerprint density at radius 3 is 2.53 bits per heavy atom. The highest BCUT2D eigenvalue weighted by Crippen LogP contribution is 2.32. The first-order valence-corrected chi connectivity index (χ1v) is 12.7. The van der Waals surface area contributed by atoms with Crippen molar-refractivity contribution in [2.75, 3.05) is 39.8 Å². The molecule has 2 amide bonds. The van der Waals surface area contributed by atoms with E-state index in [4.69, 9.17) is 32.7 Å². The fourth-order valence-electron chi connectivity index (χ4n) is 3.86.